The van der Waals surface area contributed by atoms with Crippen LogP contribution < -0.4 is 0 Å². The minimum atomic E-state index is -0.355. The van der Waals surface area contributed by atoms with Gasteiger partial charge >= 0.3 is 0 Å². The number of rotatable bonds is 8. The van der Waals surface area contributed by atoms with E-state index in [1.165, 1.54) is 23.5 Å². The lowest BCUT2D eigenvalue weighted by molar-refractivity contribution is -0.127. The Hall–Kier alpha value is -3.29. The van der Waals surface area contributed by atoms with Crippen molar-refractivity contribution in [2.75, 3.05) is 19.6 Å². The lowest BCUT2D eigenvalue weighted by Crippen LogP contribution is -2.34. The number of thiophene rings is 1. The number of fused-ring (bicyclic) bond motifs is 1. The molecule has 8 heteroatoms. The van der Waals surface area contributed by atoms with Crippen LogP contribution in [0.25, 0.3) is 22.2 Å². The molecule has 1 fully saturated rings. The fourth-order valence-corrected chi connectivity index (χ4v) is 5.86. The Morgan fingerprint density at radius 2 is 2.05 bits per heavy atom. The summed E-state index contributed by atoms with van der Waals surface area (Å²) in [5.41, 5.74) is 3.79. The van der Waals surface area contributed by atoms with Crippen molar-refractivity contribution in [1.82, 2.24) is 14.8 Å². The number of likely N-dealkylation sites (tertiary alicyclic amines) is 1. The number of benzene rings is 2. The van der Waals surface area contributed by atoms with Crippen LogP contribution in [0.15, 0.2) is 60.0 Å². The first-order valence-electron chi connectivity index (χ1n) is 12.4. The predicted molar refractivity (Wildman–Crippen MR) is 146 cm³/mol. The van der Waals surface area contributed by atoms with Gasteiger partial charge in [-0.25, -0.2) is 9.37 Å². The van der Waals surface area contributed by atoms with E-state index < -0.39 is 0 Å². The molecule has 0 atom stereocenters. The van der Waals surface area contributed by atoms with Crippen LogP contribution in [0.2, 0.25) is 5.02 Å². The normalized spacial score (nSPS) is 13.5. The molecule has 0 saturated carbocycles. The van der Waals surface area contributed by atoms with E-state index in [4.69, 9.17) is 16.6 Å². The van der Waals surface area contributed by atoms with Gasteiger partial charge in [0.15, 0.2) is 0 Å². The van der Waals surface area contributed by atoms with Crippen LogP contribution in [0, 0.1) is 12.7 Å². The molecule has 2 aromatic heterocycles. The molecule has 1 aliphatic rings. The third kappa shape index (κ3) is 5.68. The van der Waals surface area contributed by atoms with Gasteiger partial charge in [0.2, 0.25) is 5.91 Å². The molecule has 0 unspecified atom stereocenters. The van der Waals surface area contributed by atoms with Gasteiger partial charge in [0.1, 0.15) is 5.82 Å². The lowest BCUT2D eigenvalue weighted by Gasteiger charge is -2.25. The van der Waals surface area contributed by atoms with E-state index in [0.717, 1.165) is 35.0 Å². The molecule has 4 aromatic rings. The minimum absolute atomic E-state index is 0.0449. The molecule has 5 rings (SSSR count). The van der Waals surface area contributed by atoms with Crippen molar-refractivity contribution in [2.45, 2.75) is 32.7 Å². The Morgan fingerprint density at radius 1 is 1.19 bits per heavy atom. The topological polar surface area (TPSA) is 53.5 Å². The second-order valence-electron chi connectivity index (χ2n) is 9.34. The number of hydrogen-bond donors (Lipinski definition) is 0. The van der Waals surface area contributed by atoms with Crippen LogP contribution in [0.5, 0.6) is 0 Å². The summed E-state index contributed by atoms with van der Waals surface area (Å²) in [6.45, 7) is 4.17. The number of amides is 2. The molecule has 0 N–H and O–H groups in total. The molecule has 3 heterocycles. The highest BCUT2D eigenvalue weighted by Gasteiger charge is 2.24. The number of aryl methyl sites for hydroxylation is 1. The average molecular weight is 536 g/mol. The summed E-state index contributed by atoms with van der Waals surface area (Å²) in [6.07, 6.45) is 2.17. The third-order valence-electron chi connectivity index (χ3n) is 6.69. The van der Waals surface area contributed by atoms with Crippen LogP contribution in [0.4, 0.5) is 4.39 Å². The fourth-order valence-electron chi connectivity index (χ4n) is 4.78. The largest absolute Gasteiger partial charge is 0.343 e. The third-order valence-corrected chi connectivity index (χ3v) is 7.93. The molecule has 0 radical (unpaired) electrons. The maximum absolute atomic E-state index is 14.0. The molecule has 1 aliphatic heterocycles. The molecule has 5 nitrogen and oxygen atoms in total. The zero-order chi connectivity index (χ0) is 25.9. The van der Waals surface area contributed by atoms with Gasteiger partial charge in [0, 0.05) is 54.6 Å². The van der Waals surface area contributed by atoms with E-state index in [1.807, 2.05) is 52.4 Å². The molecule has 190 valence electrons. The molecule has 2 amide bonds. The summed E-state index contributed by atoms with van der Waals surface area (Å²) >= 11 is 7.72. The highest BCUT2D eigenvalue weighted by atomic mass is 35.5. The molecule has 37 heavy (non-hydrogen) atoms. The monoisotopic (exact) mass is 535 g/mol. The van der Waals surface area contributed by atoms with E-state index >= 15 is 0 Å². The zero-order valence-electron chi connectivity index (χ0n) is 20.5. The van der Waals surface area contributed by atoms with Crippen molar-refractivity contribution in [3.63, 3.8) is 0 Å². The summed E-state index contributed by atoms with van der Waals surface area (Å²) in [6, 6.07) is 15.8. The number of carbonyl (C=O) groups excluding carboxylic acids is 2. The number of hydrogen-bond acceptors (Lipinski definition) is 4. The van der Waals surface area contributed by atoms with E-state index in [0.29, 0.717) is 53.6 Å². The maximum Gasteiger partial charge on any atom is 0.264 e. The van der Waals surface area contributed by atoms with Crippen LogP contribution in [0.1, 0.15) is 40.1 Å². The van der Waals surface area contributed by atoms with Crippen molar-refractivity contribution in [3.8, 4) is 11.3 Å². The van der Waals surface area contributed by atoms with Gasteiger partial charge in [-0.3, -0.25) is 9.59 Å². The number of carbonyl (C=O) groups is 2. The average Bonchev–Trinajstić information content (AvgIpc) is 3.50. The number of aromatic nitrogens is 1. The molecular formula is C29H27ClFN3O2S. The Balaban J connectivity index is 1.51. The Labute approximate surface area is 224 Å². The number of nitrogens with zero attached hydrogens (tertiary/aromatic N) is 3. The minimum Gasteiger partial charge on any atom is -0.343 e. The van der Waals surface area contributed by atoms with Gasteiger partial charge in [-0.1, -0.05) is 23.7 Å². The maximum atomic E-state index is 14.0. The number of pyridine rings is 1. The molecule has 1 saturated heterocycles. The first-order valence-corrected chi connectivity index (χ1v) is 13.6. The quantitative estimate of drug-likeness (QED) is 0.252. The highest BCUT2D eigenvalue weighted by molar-refractivity contribution is 7.12. The van der Waals surface area contributed by atoms with Gasteiger partial charge in [-0.2, -0.15) is 0 Å². The van der Waals surface area contributed by atoms with E-state index in [9.17, 15) is 14.0 Å². The summed E-state index contributed by atoms with van der Waals surface area (Å²) in [5.74, 6) is -0.219. The first kappa shape index (κ1) is 25.4. The number of halogens is 2. The Kier molecular flexibility index (Phi) is 7.53. The van der Waals surface area contributed by atoms with Crippen molar-refractivity contribution in [2.24, 2.45) is 0 Å². The molecule has 0 aliphatic carbocycles. The summed E-state index contributed by atoms with van der Waals surface area (Å²) in [7, 11) is 0. The van der Waals surface area contributed by atoms with Crippen LogP contribution in [-0.4, -0.2) is 46.2 Å². The van der Waals surface area contributed by atoms with Gasteiger partial charge in [-0.05, 0) is 72.7 Å². The van der Waals surface area contributed by atoms with Crippen molar-refractivity contribution in [3.05, 3.63) is 86.8 Å². The van der Waals surface area contributed by atoms with Crippen LogP contribution in [0.3, 0.4) is 0 Å². The molecule has 0 bridgehead atoms. The van der Waals surface area contributed by atoms with E-state index in [1.54, 1.807) is 12.1 Å². The van der Waals surface area contributed by atoms with Gasteiger partial charge < -0.3 is 9.80 Å². The molecule has 0 spiro atoms. The second-order valence-corrected chi connectivity index (χ2v) is 10.7. The van der Waals surface area contributed by atoms with Crippen LogP contribution >= 0.6 is 22.9 Å². The van der Waals surface area contributed by atoms with Crippen molar-refractivity contribution >= 4 is 45.7 Å². The fraction of sp³-hybridized carbons (Fsp3) is 0.276. The Morgan fingerprint density at radius 3 is 2.78 bits per heavy atom. The standard InChI is InChI=1S/C29H27ClFN3O2S/c1-19-10-14-37-28(19)29(36)34(13-4-12-33-11-3-7-26(33)35)18-22-15-20-8-9-24(31)17-25(20)32-27(22)21-5-2-6-23(30)16-21/h2,5-6,8-10,14-17H,3-4,7,11-13,18H2,1H3. The smallest absolute Gasteiger partial charge is 0.264 e. The van der Waals surface area contributed by atoms with Gasteiger partial charge in [-0.15, -0.1) is 11.3 Å². The molecule has 2 aromatic carbocycles. The summed E-state index contributed by atoms with van der Waals surface area (Å²) in [4.78, 5) is 35.0. The van der Waals surface area contributed by atoms with Crippen molar-refractivity contribution < 1.29 is 14.0 Å². The van der Waals surface area contributed by atoms with Crippen molar-refractivity contribution in [1.29, 1.82) is 0 Å². The van der Waals surface area contributed by atoms with Gasteiger partial charge in [0.25, 0.3) is 5.91 Å². The summed E-state index contributed by atoms with van der Waals surface area (Å²) in [5, 5.41) is 3.29. The molecular weight excluding hydrogens is 509 g/mol. The second kappa shape index (κ2) is 11.0. The first-order chi connectivity index (χ1) is 17.9. The Bertz CT molecular complexity index is 1470. The van der Waals surface area contributed by atoms with Crippen LogP contribution in [-0.2, 0) is 11.3 Å². The highest BCUT2D eigenvalue weighted by Crippen LogP contribution is 2.30. The summed E-state index contributed by atoms with van der Waals surface area (Å²) < 4.78 is 14.0. The zero-order valence-corrected chi connectivity index (χ0v) is 22.1. The lowest BCUT2D eigenvalue weighted by atomic mass is 10.0. The predicted octanol–water partition coefficient (Wildman–Crippen LogP) is 6.72. The van der Waals surface area contributed by atoms with E-state index in [2.05, 4.69) is 0 Å². The van der Waals surface area contributed by atoms with E-state index in [-0.39, 0.29) is 17.6 Å². The van der Waals surface area contributed by atoms with Gasteiger partial charge in [0.05, 0.1) is 16.1 Å². The SMILES string of the molecule is Cc1ccsc1C(=O)N(CCCN1CCCC1=O)Cc1cc2ccc(F)cc2nc1-c1cccc(Cl)c1.